The van der Waals surface area contributed by atoms with Crippen molar-refractivity contribution in [3.8, 4) is 0 Å². The van der Waals surface area contributed by atoms with Crippen LogP contribution >= 0.6 is 0 Å². The van der Waals surface area contributed by atoms with Gasteiger partial charge < -0.3 is 10.2 Å². The normalized spacial score (nSPS) is 24.1. The highest BCUT2D eigenvalue weighted by Crippen LogP contribution is 2.44. The number of ketones is 2. The van der Waals surface area contributed by atoms with E-state index in [-0.39, 0.29) is 45.4 Å². The fourth-order valence-corrected chi connectivity index (χ4v) is 11.4. The van der Waals surface area contributed by atoms with Gasteiger partial charge in [-0.3, -0.25) is 9.59 Å². The van der Waals surface area contributed by atoms with Crippen molar-refractivity contribution in [2.45, 2.75) is 196 Å². The Morgan fingerprint density at radius 3 is 1.10 bits per heavy atom. The molecule has 0 saturated carbocycles. The third kappa shape index (κ3) is 25.0. The SMILES string of the molecule is CC1=C(/C=C/C(C)=C/C=C/C(C)=C/C=C/C=C(C)/C=C/C=C(C)/C=C/C2=C(C)C(=O)CCC2(C)C)C(C)(C)CCC1=O.CC1=C[C@H](O)CC(C)(C)[C@H]1/C=C/C(C)=C/C=C/C(C)=C/C=C/C=C(C)/C=C/C=C(C)/C=C/C1=C(C)C[C@@H](O)CC1(C)C. The number of hydrogen-bond donors (Lipinski definition) is 2. The molecule has 0 heterocycles. The summed E-state index contributed by atoms with van der Waals surface area (Å²) in [6.07, 6.45) is 66.2. The molecule has 4 aliphatic carbocycles. The molecular formula is C80H108O4. The first-order valence-corrected chi connectivity index (χ1v) is 30.6. The summed E-state index contributed by atoms with van der Waals surface area (Å²) < 4.78 is 0. The number of Topliss-reactive ketones (excluding diaryl/α,β-unsaturated/α-hetero) is 2. The van der Waals surface area contributed by atoms with Crippen molar-refractivity contribution >= 4 is 11.6 Å². The monoisotopic (exact) mass is 1130 g/mol. The Balaban J connectivity index is 0.000000440. The number of carbonyl (C=O) groups excluding carboxylic acids is 2. The fourth-order valence-electron chi connectivity index (χ4n) is 11.4. The molecule has 0 aromatic heterocycles. The zero-order valence-electron chi connectivity index (χ0n) is 55.6. The lowest BCUT2D eigenvalue weighted by Crippen LogP contribution is -2.32. The zero-order valence-corrected chi connectivity index (χ0v) is 55.6. The van der Waals surface area contributed by atoms with Gasteiger partial charge in [0.15, 0.2) is 11.6 Å². The van der Waals surface area contributed by atoms with Crippen LogP contribution in [0.2, 0.25) is 0 Å². The van der Waals surface area contributed by atoms with E-state index >= 15 is 0 Å². The van der Waals surface area contributed by atoms with Crippen LogP contribution in [-0.2, 0) is 9.59 Å². The largest absolute Gasteiger partial charge is 0.393 e. The molecule has 0 radical (unpaired) electrons. The Bertz CT molecular complexity index is 2960. The molecule has 84 heavy (non-hydrogen) atoms. The highest BCUT2D eigenvalue weighted by molar-refractivity contribution is 5.97. The van der Waals surface area contributed by atoms with E-state index in [1.54, 1.807) is 0 Å². The maximum atomic E-state index is 12.2. The molecule has 0 spiro atoms. The van der Waals surface area contributed by atoms with Gasteiger partial charge in [-0.05, 0) is 165 Å². The predicted molar refractivity (Wildman–Crippen MR) is 366 cm³/mol. The number of carbonyl (C=O) groups is 2. The zero-order chi connectivity index (χ0) is 63.0. The summed E-state index contributed by atoms with van der Waals surface area (Å²) in [5.74, 6) is 0.890. The molecular weight excluding hydrogens is 1020 g/mol. The molecule has 4 rings (SSSR count). The van der Waals surface area contributed by atoms with E-state index in [0.29, 0.717) is 18.8 Å². The smallest absolute Gasteiger partial charge is 0.158 e. The molecule has 0 aliphatic heterocycles. The first-order chi connectivity index (χ1) is 39.2. The number of hydrogen-bond acceptors (Lipinski definition) is 4. The van der Waals surface area contributed by atoms with Crippen molar-refractivity contribution in [3.05, 3.63) is 260 Å². The first-order valence-electron chi connectivity index (χ1n) is 30.6. The van der Waals surface area contributed by atoms with Crippen LogP contribution in [0.3, 0.4) is 0 Å². The Hall–Kier alpha value is -6.46. The molecule has 0 fully saturated rings. The van der Waals surface area contributed by atoms with Gasteiger partial charge >= 0.3 is 0 Å². The lowest BCUT2D eigenvalue weighted by Gasteiger charge is -2.38. The minimum Gasteiger partial charge on any atom is -0.393 e. The van der Waals surface area contributed by atoms with E-state index in [4.69, 9.17) is 0 Å². The van der Waals surface area contributed by atoms with E-state index in [2.05, 4.69) is 295 Å². The summed E-state index contributed by atoms with van der Waals surface area (Å²) in [4.78, 5) is 24.3. The molecule has 2 N–H and O–H groups in total. The number of rotatable bonds is 20. The standard InChI is InChI=1S/C40H56O2.C40H52O2/c1-29(17-13-19-31(3)21-23-37-33(5)25-35(41)27-39(37,7)8)15-11-12-16-30(2)18-14-20-32(4)22-24-38-34(6)26-36(42)28-40(38,9)10;1-29(17-13-19-31(3)21-23-35-33(5)37(41)25-27-39(35,7)8)15-11-12-16-30(2)18-14-20-32(4)22-24-36-34(6)38(42)26-28-40(36,9)10/h11-25,35-37,41-42H,26-28H2,1-10H3;11-24H,25-28H2,1-10H3/b2*12-11+,17-13+,18-14+,23-21+,24-22+,29-15+,30-16+,31-19+,32-20+/t35-,36+,37-;/m0./s1. The maximum Gasteiger partial charge on any atom is 0.158 e. The number of allylic oxidation sites excluding steroid dienone is 42. The van der Waals surface area contributed by atoms with Crippen molar-refractivity contribution in [2.24, 2.45) is 27.6 Å². The van der Waals surface area contributed by atoms with Crippen molar-refractivity contribution in [3.63, 3.8) is 0 Å². The Kier molecular flexibility index (Phi) is 29.0. The molecule has 0 amide bonds. The molecule has 4 aliphatic rings. The van der Waals surface area contributed by atoms with Crippen LogP contribution in [0.25, 0.3) is 0 Å². The van der Waals surface area contributed by atoms with E-state index in [1.165, 1.54) is 39.0 Å². The lowest BCUT2D eigenvalue weighted by atomic mass is 9.67. The summed E-state index contributed by atoms with van der Waals surface area (Å²) in [5, 5.41) is 20.2. The maximum absolute atomic E-state index is 12.2. The van der Waals surface area contributed by atoms with Gasteiger partial charge in [0, 0.05) is 18.8 Å². The van der Waals surface area contributed by atoms with Crippen molar-refractivity contribution in [1.29, 1.82) is 0 Å². The van der Waals surface area contributed by atoms with Crippen LogP contribution in [0.15, 0.2) is 260 Å². The summed E-state index contributed by atoms with van der Waals surface area (Å²) in [6, 6.07) is 0. The Morgan fingerprint density at radius 1 is 0.429 bits per heavy atom. The third-order valence-electron chi connectivity index (χ3n) is 16.7. The molecule has 4 heteroatoms. The molecule has 0 bridgehead atoms. The predicted octanol–water partition coefficient (Wildman–Crippen LogP) is 21.4. The molecule has 452 valence electrons. The van der Waals surface area contributed by atoms with Crippen molar-refractivity contribution < 1.29 is 19.8 Å². The second-order valence-electron chi connectivity index (χ2n) is 26.8. The molecule has 0 unspecified atom stereocenters. The summed E-state index contributed by atoms with van der Waals surface area (Å²) in [6.45, 7) is 42.7. The molecule has 3 atom stereocenters. The second kappa shape index (κ2) is 33.9. The minimum absolute atomic E-state index is 0.00528. The topological polar surface area (TPSA) is 74.6 Å². The van der Waals surface area contributed by atoms with E-state index < -0.39 is 0 Å². The van der Waals surface area contributed by atoms with Gasteiger partial charge in [0.2, 0.25) is 0 Å². The third-order valence-corrected chi connectivity index (χ3v) is 16.7. The average Bonchev–Trinajstić information content (AvgIpc) is 3.40. The fraction of sp³-hybridized carbons (Fsp3) is 0.425. The number of aliphatic hydroxyl groups is 2. The Morgan fingerprint density at radius 2 is 0.750 bits per heavy atom. The van der Waals surface area contributed by atoms with Crippen molar-refractivity contribution in [1.82, 2.24) is 0 Å². The van der Waals surface area contributed by atoms with Gasteiger partial charge in [0.25, 0.3) is 0 Å². The van der Waals surface area contributed by atoms with Gasteiger partial charge in [0.1, 0.15) is 0 Å². The highest BCUT2D eigenvalue weighted by atomic mass is 16.3. The van der Waals surface area contributed by atoms with Gasteiger partial charge in [-0.1, -0.05) is 287 Å². The van der Waals surface area contributed by atoms with Crippen LogP contribution in [-0.4, -0.2) is 34.0 Å². The quantitative estimate of drug-likeness (QED) is 0.0941. The van der Waals surface area contributed by atoms with E-state index in [0.717, 1.165) is 76.7 Å². The lowest BCUT2D eigenvalue weighted by molar-refractivity contribution is -0.117. The van der Waals surface area contributed by atoms with E-state index in [9.17, 15) is 19.8 Å². The van der Waals surface area contributed by atoms with Crippen LogP contribution in [0.4, 0.5) is 0 Å². The van der Waals surface area contributed by atoms with Crippen LogP contribution in [0.1, 0.15) is 183 Å². The van der Waals surface area contributed by atoms with Gasteiger partial charge in [-0.25, -0.2) is 0 Å². The molecule has 0 aromatic rings. The average molecular weight is 1130 g/mol. The summed E-state index contributed by atoms with van der Waals surface area (Å²) >= 11 is 0. The molecule has 0 saturated heterocycles. The molecule has 4 nitrogen and oxygen atoms in total. The van der Waals surface area contributed by atoms with Crippen molar-refractivity contribution in [2.75, 3.05) is 0 Å². The Labute approximate surface area is 511 Å². The van der Waals surface area contributed by atoms with Crippen LogP contribution in [0, 0.1) is 27.6 Å². The summed E-state index contributed by atoms with van der Waals surface area (Å²) in [7, 11) is 0. The molecule has 0 aromatic carbocycles. The van der Waals surface area contributed by atoms with Gasteiger partial charge in [0.05, 0.1) is 12.2 Å². The second-order valence-corrected chi connectivity index (χ2v) is 26.8. The number of aliphatic hydroxyl groups excluding tert-OH is 2. The highest BCUT2D eigenvalue weighted by Gasteiger charge is 2.35. The minimum atomic E-state index is -0.331. The van der Waals surface area contributed by atoms with Crippen LogP contribution < -0.4 is 0 Å². The van der Waals surface area contributed by atoms with E-state index in [1.807, 2.05) is 19.9 Å². The van der Waals surface area contributed by atoms with Gasteiger partial charge in [-0.2, -0.15) is 0 Å². The van der Waals surface area contributed by atoms with Gasteiger partial charge in [-0.15, -0.1) is 0 Å². The summed E-state index contributed by atoms with van der Waals surface area (Å²) in [5.41, 5.74) is 17.6. The first kappa shape index (κ1) is 71.8. The van der Waals surface area contributed by atoms with Crippen LogP contribution in [0.5, 0.6) is 0 Å².